The average Bonchev–Trinajstić information content (AvgIpc) is 3.44. The Morgan fingerprint density at radius 1 is 1.31 bits per heavy atom. The quantitative estimate of drug-likeness (QED) is 0.224. The second-order valence-electron chi connectivity index (χ2n) is 8.05. The lowest BCUT2D eigenvalue weighted by atomic mass is 10.1. The molecule has 1 aliphatic carbocycles. The number of ether oxygens (including phenoxy) is 2. The molecule has 4 rings (SSSR count). The summed E-state index contributed by atoms with van der Waals surface area (Å²) < 4.78 is 23.4. The lowest BCUT2D eigenvalue weighted by Crippen LogP contribution is -2.35. The first-order valence-corrected chi connectivity index (χ1v) is 12.3. The number of aliphatic hydroxyl groups is 3. The molecule has 2 aromatic rings. The van der Waals surface area contributed by atoms with Crippen molar-refractivity contribution in [2.75, 3.05) is 18.5 Å². The second kappa shape index (κ2) is 9.49. The van der Waals surface area contributed by atoms with E-state index in [0.717, 1.165) is 31.4 Å². The summed E-state index contributed by atoms with van der Waals surface area (Å²) >= 11 is 6.22. The van der Waals surface area contributed by atoms with E-state index in [1.165, 1.54) is 4.68 Å². The van der Waals surface area contributed by atoms with Gasteiger partial charge in [-0.2, -0.15) is 5.10 Å². The molecule has 3 heterocycles. The number of aromatic nitrogens is 3. The SMILES string of the molecule is O=P(O)(O)C(CO)OC[C@H]1O[C@@H](n2ncc3c(NC4CCCC4)cc(Cl)nc32)[C@H](O)[C@@H]1O. The van der Waals surface area contributed by atoms with Gasteiger partial charge in [0.1, 0.15) is 23.5 Å². The van der Waals surface area contributed by atoms with Crippen LogP contribution in [0.1, 0.15) is 31.9 Å². The van der Waals surface area contributed by atoms with Crippen molar-refractivity contribution in [1.82, 2.24) is 14.8 Å². The number of nitrogens with one attached hydrogen (secondary N) is 1. The van der Waals surface area contributed by atoms with E-state index in [-0.39, 0.29) is 5.15 Å². The van der Waals surface area contributed by atoms with Crippen molar-refractivity contribution in [3.63, 3.8) is 0 Å². The van der Waals surface area contributed by atoms with Crippen molar-refractivity contribution in [2.45, 2.75) is 62.1 Å². The molecule has 1 unspecified atom stereocenters. The third kappa shape index (κ3) is 4.79. The molecule has 0 spiro atoms. The minimum Gasteiger partial charge on any atom is -0.393 e. The van der Waals surface area contributed by atoms with Crippen LogP contribution in [0.2, 0.25) is 5.15 Å². The molecule has 14 heteroatoms. The Morgan fingerprint density at radius 2 is 2.03 bits per heavy atom. The molecule has 0 radical (unpaired) electrons. The molecular formula is C18H26ClN4O8P. The van der Waals surface area contributed by atoms with Crippen molar-refractivity contribution < 1.29 is 39.1 Å². The Balaban J connectivity index is 1.54. The summed E-state index contributed by atoms with van der Waals surface area (Å²) in [7, 11) is -4.71. The van der Waals surface area contributed by atoms with Crippen LogP contribution in [0.3, 0.4) is 0 Å². The lowest BCUT2D eigenvalue weighted by molar-refractivity contribution is -0.0807. The maximum absolute atomic E-state index is 11.3. The van der Waals surface area contributed by atoms with Gasteiger partial charge in [0.2, 0.25) is 0 Å². The van der Waals surface area contributed by atoms with E-state index in [9.17, 15) is 24.6 Å². The minimum atomic E-state index is -4.71. The van der Waals surface area contributed by atoms with E-state index in [1.807, 2.05) is 0 Å². The smallest absolute Gasteiger partial charge is 0.356 e. The third-order valence-electron chi connectivity index (χ3n) is 5.81. The Bertz CT molecular complexity index is 997. The van der Waals surface area contributed by atoms with E-state index >= 15 is 0 Å². The number of aliphatic hydroxyl groups excluding tert-OH is 3. The van der Waals surface area contributed by atoms with Crippen LogP contribution >= 0.6 is 19.2 Å². The van der Waals surface area contributed by atoms with Gasteiger partial charge < -0.3 is 39.9 Å². The first kappa shape index (κ1) is 23.8. The van der Waals surface area contributed by atoms with Gasteiger partial charge in [0.05, 0.1) is 30.5 Å². The maximum atomic E-state index is 11.3. The number of pyridine rings is 1. The van der Waals surface area contributed by atoms with E-state index < -0.39 is 51.2 Å². The van der Waals surface area contributed by atoms with Gasteiger partial charge in [-0.1, -0.05) is 24.4 Å². The van der Waals surface area contributed by atoms with Crippen molar-refractivity contribution in [1.29, 1.82) is 0 Å². The Labute approximate surface area is 188 Å². The zero-order valence-electron chi connectivity index (χ0n) is 17.0. The van der Waals surface area contributed by atoms with Crippen molar-refractivity contribution in [3.05, 3.63) is 17.4 Å². The van der Waals surface area contributed by atoms with Crippen LogP contribution in [0.4, 0.5) is 5.69 Å². The van der Waals surface area contributed by atoms with Crippen molar-refractivity contribution in [3.8, 4) is 0 Å². The topological polar surface area (TPSA) is 179 Å². The predicted octanol–water partition coefficient (Wildman–Crippen LogP) is 0.571. The van der Waals surface area contributed by atoms with Crippen LogP contribution in [-0.4, -0.2) is 83.3 Å². The average molecular weight is 493 g/mol. The number of fused-ring (bicyclic) bond motifs is 1. The van der Waals surface area contributed by atoms with E-state index in [1.54, 1.807) is 12.3 Å². The molecule has 2 aliphatic rings. The zero-order chi connectivity index (χ0) is 23.0. The van der Waals surface area contributed by atoms with Crippen LogP contribution < -0.4 is 5.32 Å². The van der Waals surface area contributed by atoms with Gasteiger partial charge in [0.15, 0.2) is 17.7 Å². The number of nitrogens with zero attached hydrogens (tertiary/aromatic N) is 3. The third-order valence-corrected chi connectivity index (χ3v) is 7.07. The van der Waals surface area contributed by atoms with E-state index in [4.69, 9.17) is 26.2 Å². The molecule has 2 aromatic heterocycles. The first-order chi connectivity index (χ1) is 15.2. The summed E-state index contributed by atoms with van der Waals surface area (Å²) in [5.74, 6) is -1.76. The molecule has 0 aromatic carbocycles. The van der Waals surface area contributed by atoms with Crippen LogP contribution in [0.5, 0.6) is 0 Å². The van der Waals surface area contributed by atoms with Crippen molar-refractivity contribution >= 4 is 35.9 Å². The van der Waals surface area contributed by atoms with Gasteiger partial charge in [0, 0.05) is 6.04 Å². The zero-order valence-corrected chi connectivity index (χ0v) is 18.6. The highest BCUT2D eigenvalue weighted by Gasteiger charge is 2.45. The van der Waals surface area contributed by atoms with E-state index in [0.29, 0.717) is 17.1 Å². The Morgan fingerprint density at radius 3 is 2.69 bits per heavy atom. The largest absolute Gasteiger partial charge is 0.393 e. The van der Waals surface area contributed by atoms with Crippen LogP contribution in [0, 0.1) is 0 Å². The summed E-state index contributed by atoms with van der Waals surface area (Å²) in [5, 5.41) is 38.7. The summed E-state index contributed by atoms with van der Waals surface area (Å²) in [6, 6.07) is 2.04. The van der Waals surface area contributed by atoms with Gasteiger partial charge in [-0.05, 0) is 18.9 Å². The fraction of sp³-hybridized carbons (Fsp3) is 0.667. The maximum Gasteiger partial charge on any atom is 0.356 e. The van der Waals surface area contributed by atoms with Gasteiger partial charge in [-0.3, -0.25) is 4.57 Å². The Hall–Kier alpha value is -1.34. The molecule has 6 N–H and O–H groups in total. The molecule has 1 saturated heterocycles. The lowest BCUT2D eigenvalue weighted by Gasteiger charge is -2.20. The fourth-order valence-electron chi connectivity index (χ4n) is 4.11. The summed E-state index contributed by atoms with van der Waals surface area (Å²) in [6.45, 7) is -1.38. The van der Waals surface area contributed by atoms with Gasteiger partial charge in [-0.25, -0.2) is 9.67 Å². The number of rotatable bonds is 8. The molecule has 32 heavy (non-hydrogen) atoms. The van der Waals surface area contributed by atoms with E-state index in [2.05, 4.69) is 15.4 Å². The van der Waals surface area contributed by atoms with Gasteiger partial charge in [0.25, 0.3) is 0 Å². The summed E-state index contributed by atoms with van der Waals surface area (Å²) in [5.41, 5.74) is 1.11. The number of hydrogen-bond donors (Lipinski definition) is 6. The molecule has 0 amide bonds. The monoisotopic (exact) mass is 492 g/mol. The molecule has 1 saturated carbocycles. The van der Waals surface area contributed by atoms with Crippen molar-refractivity contribution in [2.24, 2.45) is 0 Å². The summed E-state index contributed by atoms with van der Waals surface area (Å²) in [4.78, 5) is 22.7. The second-order valence-corrected chi connectivity index (χ2v) is 10.2. The van der Waals surface area contributed by atoms with Gasteiger partial charge in [-0.15, -0.1) is 0 Å². The number of halogens is 1. The normalized spacial score (nSPS) is 27.9. The van der Waals surface area contributed by atoms with Crippen LogP contribution in [0.25, 0.3) is 11.0 Å². The highest BCUT2D eigenvalue weighted by atomic mass is 35.5. The molecule has 178 valence electrons. The number of anilines is 1. The van der Waals surface area contributed by atoms with Crippen LogP contribution in [-0.2, 0) is 14.0 Å². The molecular weight excluding hydrogens is 467 g/mol. The molecule has 2 fully saturated rings. The molecule has 12 nitrogen and oxygen atoms in total. The molecule has 0 bridgehead atoms. The number of hydrogen-bond acceptors (Lipinski definition) is 9. The Kier molecular flexibility index (Phi) is 7.06. The highest BCUT2D eigenvalue weighted by molar-refractivity contribution is 7.52. The predicted molar refractivity (Wildman–Crippen MR) is 113 cm³/mol. The summed E-state index contributed by atoms with van der Waals surface area (Å²) in [6.07, 6.45) is 0.885. The van der Waals surface area contributed by atoms with Crippen LogP contribution in [0.15, 0.2) is 12.3 Å². The minimum absolute atomic E-state index is 0.222. The molecule has 1 aliphatic heterocycles. The molecule has 5 atom stereocenters. The first-order valence-electron chi connectivity index (χ1n) is 10.3. The standard InChI is InChI=1S/C18H26ClN4O8P/c19-13-5-11(21-9-3-1-2-4-9)10-6-20-23(17(10)22-13)18-16(26)15(25)12(31-18)8-30-14(7-24)32(27,28)29/h5-6,9,12,14-16,18,24-26H,1-4,7-8H2,(H,21,22)(H2,27,28,29)/t12-,14?,15-,16-,18-/m1/s1. The van der Waals surface area contributed by atoms with Gasteiger partial charge >= 0.3 is 7.60 Å². The highest BCUT2D eigenvalue weighted by Crippen LogP contribution is 2.42. The fourth-order valence-corrected chi connectivity index (χ4v) is 4.80.